The van der Waals surface area contributed by atoms with Gasteiger partial charge >= 0.3 is 0 Å². The van der Waals surface area contributed by atoms with Crippen LogP contribution in [0.4, 0.5) is 5.69 Å². The van der Waals surface area contributed by atoms with Crippen LogP contribution in [0, 0.1) is 34.3 Å². The van der Waals surface area contributed by atoms with Gasteiger partial charge in [-0.1, -0.05) is 42.0 Å². The molecule has 2 aromatic rings. The first-order valence-electron chi connectivity index (χ1n) is 11.0. The second kappa shape index (κ2) is 7.29. The van der Waals surface area contributed by atoms with Crippen LogP contribution in [0.15, 0.2) is 53.6 Å². The van der Waals surface area contributed by atoms with Crippen LogP contribution >= 0.6 is 0 Å². The van der Waals surface area contributed by atoms with Gasteiger partial charge in [-0.05, 0) is 74.3 Å². The molecule has 160 valence electrons. The molecule has 2 atom stereocenters. The van der Waals surface area contributed by atoms with Gasteiger partial charge < -0.3 is 0 Å². The largest absolute Gasteiger partial charge is 0.278 e. The van der Waals surface area contributed by atoms with E-state index in [2.05, 4.69) is 41.7 Å². The summed E-state index contributed by atoms with van der Waals surface area (Å²) < 4.78 is 0. The molecule has 0 saturated heterocycles. The average molecular weight is 418 g/mol. The molecule has 0 aromatic heterocycles. The highest BCUT2D eigenvalue weighted by atomic mass is 16.6. The van der Waals surface area contributed by atoms with E-state index in [4.69, 9.17) is 0 Å². The topological polar surface area (TPSA) is 84.6 Å². The van der Waals surface area contributed by atoms with Crippen LogP contribution in [-0.4, -0.2) is 17.0 Å². The zero-order valence-corrected chi connectivity index (χ0v) is 17.7. The van der Waals surface area contributed by atoms with Crippen molar-refractivity contribution in [1.82, 2.24) is 5.43 Å². The third kappa shape index (κ3) is 3.44. The van der Waals surface area contributed by atoms with Crippen molar-refractivity contribution >= 4 is 17.8 Å². The Morgan fingerprint density at radius 1 is 1.10 bits per heavy atom. The molecule has 4 aliphatic rings. The summed E-state index contributed by atoms with van der Waals surface area (Å²) in [5.74, 6) is 1.12. The Bertz CT molecular complexity index is 1050. The van der Waals surface area contributed by atoms with E-state index in [1.165, 1.54) is 42.7 Å². The summed E-state index contributed by atoms with van der Waals surface area (Å²) >= 11 is 0. The van der Waals surface area contributed by atoms with Crippen LogP contribution in [0.25, 0.3) is 0 Å². The molecular formula is C25H27N3O3. The molecule has 6 nitrogen and oxygen atoms in total. The monoisotopic (exact) mass is 417 g/mol. The summed E-state index contributed by atoms with van der Waals surface area (Å²) in [6.45, 7) is 2.10. The van der Waals surface area contributed by atoms with Crippen molar-refractivity contribution in [3.05, 3.63) is 75.3 Å². The number of hydrogen-bond acceptors (Lipinski definition) is 4. The van der Waals surface area contributed by atoms with Gasteiger partial charge in [-0.3, -0.25) is 14.9 Å². The fourth-order valence-electron chi connectivity index (χ4n) is 6.82. The molecule has 0 aliphatic heterocycles. The van der Waals surface area contributed by atoms with Gasteiger partial charge in [-0.25, -0.2) is 5.43 Å². The molecule has 2 aromatic carbocycles. The SMILES string of the molecule is Cc1ccc(C23CC4CC(CC(C(=O)N/N=C/c5ccccc5[N+](=O)[O-])(C4)C2)C3)cc1. The molecule has 0 radical (unpaired) electrons. The van der Waals surface area contributed by atoms with Gasteiger partial charge in [0, 0.05) is 6.07 Å². The Hall–Kier alpha value is -3.02. The Balaban J connectivity index is 1.38. The molecule has 2 unspecified atom stereocenters. The average Bonchev–Trinajstić information content (AvgIpc) is 2.73. The van der Waals surface area contributed by atoms with Crippen molar-refractivity contribution in [3.8, 4) is 0 Å². The summed E-state index contributed by atoms with van der Waals surface area (Å²) in [6.07, 6.45) is 7.65. The first-order chi connectivity index (χ1) is 14.9. The molecule has 31 heavy (non-hydrogen) atoms. The maximum Gasteiger partial charge on any atom is 0.278 e. The zero-order valence-electron chi connectivity index (χ0n) is 17.7. The Labute approximate surface area is 181 Å². The van der Waals surface area contributed by atoms with E-state index in [-0.39, 0.29) is 17.0 Å². The van der Waals surface area contributed by atoms with Gasteiger partial charge in [0.05, 0.1) is 22.1 Å². The van der Waals surface area contributed by atoms with Gasteiger partial charge in [-0.15, -0.1) is 0 Å². The second-order valence-electron chi connectivity index (χ2n) is 9.90. The van der Waals surface area contributed by atoms with E-state index >= 15 is 0 Å². The number of rotatable bonds is 5. The molecule has 1 amide bonds. The Morgan fingerprint density at radius 3 is 2.45 bits per heavy atom. The fraction of sp³-hybridized carbons (Fsp3) is 0.440. The lowest BCUT2D eigenvalue weighted by Crippen LogP contribution is -2.58. The van der Waals surface area contributed by atoms with Crippen LogP contribution in [0.3, 0.4) is 0 Å². The number of nitrogens with zero attached hydrogens (tertiary/aromatic N) is 2. The van der Waals surface area contributed by atoms with Crippen LogP contribution in [-0.2, 0) is 10.2 Å². The highest BCUT2D eigenvalue weighted by Gasteiger charge is 2.60. The van der Waals surface area contributed by atoms with Crippen molar-refractivity contribution in [3.63, 3.8) is 0 Å². The number of aryl methyl sites for hydroxylation is 1. The number of benzene rings is 2. The van der Waals surface area contributed by atoms with Crippen molar-refractivity contribution < 1.29 is 9.72 Å². The number of nitro benzene ring substituents is 1. The lowest BCUT2D eigenvalue weighted by atomic mass is 9.42. The zero-order chi connectivity index (χ0) is 21.6. The number of para-hydroxylation sites is 1. The van der Waals surface area contributed by atoms with Gasteiger partial charge in [0.2, 0.25) is 5.91 Å². The standard InChI is InChI=1S/C25H27N3O3/c1-17-6-8-21(9-7-17)24-11-18-10-19(12-24)14-25(13-18,16-24)23(29)27-26-15-20-4-2-3-5-22(20)28(30)31/h2-9,15,18-19H,10-14,16H2,1H3,(H,27,29)/b26-15+. The number of carbonyl (C=O) groups excluding carboxylic acids is 1. The fourth-order valence-corrected chi connectivity index (χ4v) is 6.82. The molecule has 0 heterocycles. The van der Waals surface area contributed by atoms with Crippen LogP contribution in [0.1, 0.15) is 55.2 Å². The van der Waals surface area contributed by atoms with E-state index in [9.17, 15) is 14.9 Å². The van der Waals surface area contributed by atoms with Gasteiger partial charge in [0.1, 0.15) is 0 Å². The summed E-state index contributed by atoms with van der Waals surface area (Å²) in [5.41, 5.74) is 5.41. The van der Waals surface area contributed by atoms with E-state index in [1.54, 1.807) is 18.2 Å². The number of carbonyl (C=O) groups is 1. The maximum atomic E-state index is 13.4. The van der Waals surface area contributed by atoms with Crippen LogP contribution < -0.4 is 5.43 Å². The molecule has 4 bridgehead atoms. The van der Waals surface area contributed by atoms with E-state index in [1.807, 2.05) is 0 Å². The van der Waals surface area contributed by atoms with Crippen molar-refractivity contribution in [2.45, 2.75) is 50.9 Å². The Morgan fingerprint density at radius 2 is 1.77 bits per heavy atom. The first-order valence-corrected chi connectivity index (χ1v) is 11.0. The summed E-state index contributed by atoms with van der Waals surface area (Å²) in [5, 5.41) is 15.3. The summed E-state index contributed by atoms with van der Waals surface area (Å²) in [7, 11) is 0. The molecule has 4 aliphatic carbocycles. The predicted molar refractivity (Wildman–Crippen MR) is 119 cm³/mol. The summed E-state index contributed by atoms with van der Waals surface area (Å²) in [6, 6.07) is 15.3. The van der Waals surface area contributed by atoms with Gasteiger partial charge in [-0.2, -0.15) is 5.10 Å². The number of nitro groups is 1. The molecule has 4 saturated carbocycles. The number of nitrogens with one attached hydrogen (secondary N) is 1. The first kappa shape index (κ1) is 19.9. The van der Waals surface area contributed by atoms with Crippen molar-refractivity contribution in [2.24, 2.45) is 22.4 Å². The third-order valence-corrected chi connectivity index (χ3v) is 7.71. The maximum absolute atomic E-state index is 13.4. The lowest BCUT2D eigenvalue weighted by molar-refractivity contribution is -0.385. The third-order valence-electron chi connectivity index (χ3n) is 7.71. The Kier molecular flexibility index (Phi) is 4.68. The molecule has 1 N–H and O–H groups in total. The minimum Gasteiger partial charge on any atom is -0.273 e. The van der Waals surface area contributed by atoms with Crippen LogP contribution in [0.2, 0.25) is 0 Å². The quantitative estimate of drug-likeness (QED) is 0.427. The summed E-state index contributed by atoms with van der Waals surface area (Å²) in [4.78, 5) is 24.1. The van der Waals surface area contributed by atoms with E-state index in [0.717, 1.165) is 19.3 Å². The molecule has 0 spiro atoms. The minimum absolute atomic E-state index is 0.0198. The highest BCUT2D eigenvalue weighted by molar-refractivity contribution is 5.88. The number of hydrazone groups is 1. The van der Waals surface area contributed by atoms with Gasteiger partial charge in [0.25, 0.3) is 5.69 Å². The van der Waals surface area contributed by atoms with Gasteiger partial charge in [0.15, 0.2) is 0 Å². The highest BCUT2D eigenvalue weighted by Crippen LogP contribution is 2.65. The number of amides is 1. The van der Waals surface area contributed by atoms with E-state index < -0.39 is 10.3 Å². The van der Waals surface area contributed by atoms with E-state index in [0.29, 0.717) is 17.4 Å². The van der Waals surface area contributed by atoms with Crippen molar-refractivity contribution in [1.29, 1.82) is 0 Å². The smallest absolute Gasteiger partial charge is 0.273 e. The molecule has 6 rings (SSSR count). The minimum atomic E-state index is -0.437. The lowest BCUT2D eigenvalue weighted by Gasteiger charge is -2.61. The predicted octanol–water partition coefficient (Wildman–Crippen LogP) is 4.89. The second-order valence-corrected chi connectivity index (χ2v) is 9.90. The molecular weight excluding hydrogens is 390 g/mol. The van der Waals surface area contributed by atoms with Crippen LogP contribution in [0.5, 0.6) is 0 Å². The molecule has 6 heteroatoms. The number of hydrogen-bond donors (Lipinski definition) is 1. The molecule has 4 fully saturated rings. The van der Waals surface area contributed by atoms with Crippen molar-refractivity contribution in [2.75, 3.05) is 0 Å². The normalized spacial score (nSPS) is 31.1.